The van der Waals surface area contributed by atoms with Gasteiger partial charge in [0.25, 0.3) is 0 Å². The zero-order valence-corrected chi connectivity index (χ0v) is 10.5. The minimum Gasteiger partial charge on any atom is -0.393 e. The van der Waals surface area contributed by atoms with E-state index in [9.17, 15) is 5.11 Å². The van der Waals surface area contributed by atoms with E-state index in [0.717, 1.165) is 6.42 Å². The summed E-state index contributed by atoms with van der Waals surface area (Å²) in [5.74, 6) is 0. The minimum absolute atomic E-state index is 0.158. The Morgan fingerprint density at radius 3 is 1.80 bits per heavy atom. The highest BCUT2D eigenvalue weighted by atomic mass is 16.3. The number of unbranched alkanes of at least 4 members (excludes halogenated alkanes) is 8. The molecular weight excluding hydrogens is 184 g/mol. The first-order chi connectivity index (χ1) is 7.31. The quantitative estimate of drug-likeness (QED) is 0.501. The maximum atomic E-state index is 9.30. The van der Waals surface area contributed by atoms with E-state index in [2.05, 4.69) is 13.8 Å². The average Bonchev–Trinajstić information content (AvgIpc) is 2.26. The van der Waals surface area contributed by atoms with Crippen molar-refractivity contribution in [3.63, 3.8) is 0 Å². The molecule has 0 rings (SSSR count). The molecule has 1 atom stereocenters. The van der Waals surface area contributed by atoms with Crippen LogP contribution in [-0.4, -0.2) is 11.2 Å². The number of aliphatic hydroxyl groups excluding tert-OH is 1. The standard InChI is InChI=1S/C14H29O/c1-3-5-6-7-8-9-10-11-12-13-14(15)4-2/h14-15H,2-13H2,1H3/t14-/m1/s1. The monoisotopic (exact) mass is 213 g/mol. The van der Waals surface area contributed by atoms with Crippen molar-refractivity contribution in [2.24, 2.45) is 0 Å². The van der Waals surface area contributed by atoms with Gasteiger partial charge in [-0.2, -0.15) is 0 Å². The van der Waals surface area contributed by atoms with Gasteiger partial charge in [0.2, 0.25) is 0 Å². The zero-order valence-electron chi connectivity index (χ0n) is 10.5. The molecule has 0 aliphatic heterocycles. The van der Waals surface area contributed by atoms with Crippen LogP contribution in [0.1, 0.15) is 77.6 Å². The van der Waals surface area contributed by atoms with E-state index in [1.165, 1.54) is 57.8 Å². The van der Waals surface area contributed by atoms with Crippen LogP contribution in [0.2, 0.25) is 0 Å². The van der Waals surface area contributed by atoms with Crippen LogP contribution in [0.25, 0.3) is 0 Å². The molecule has 0 saturated heterocycles. The van der Waals surface area contributed by atoms with Gasteiger partial charge < -0.3 is 5.11 Å². The fraction of sp³-hybridized carbons (Fsp3) is 0.929. The van der Waals surface area contributed by atoms with Gasteiger partial charge in [-0.3, -0.25) is 0 Å². The number of aliphatic hydroxyl groups is 1. The lowest BCUT2D eigenvalue weighted by Gasteiger charge is -2.06. The fourth-order valence-corrected chi connectivity index (χ4v) is 1.83. The van der Waals surface area contributed by atoms with E-state index < -0.39 is 0 Å². The Labute approximate surface area is 96.3 Å². The van der Waals surface area contributed by atoms with Crippen LogP contribution < -0.4 is 0 Å². The molecule has 15 heavy (non-hydrogen) atoms. The summed E-state index contributed by atoms with van der Waals surface area (Å²) in [6.45, 7) is 5.95. The van der Waals surface area contributed by atoms with Gasteiger partial charge in [0, 0.05) is 0 Å². The summed E-state index contributed by atoms with van der Waals surface area (Å²) in [6, 6.07) is 0. The number of hydrogen-bond donors (Lipinski definition) is 1. The van der Waals surface area contributed by atoms with Crippen LogP contribution in [0.3, 0.4) is 0 Å². The molecule has 0 aliphatic carbocycles. The number of hydrogen-bond acceptors (Lipinski definition) is 1. The fourth-order valence-electron chi connectivity index (χ4n) is 1.83. The lowest BCUT2D eigenvalue weighted by atomic mass is 10.0. The van der Waals surface area contributed by atoms with Gasteiger partial charge >= 0.3 is 0 Å². The van der Waals surface area contributed by atoms with Crippen LogP contribution >= 0.6 is 0 Å². The van der Waals surface area contributed by atoms with Gasteiger partial charge in [0.15, 0.2) is 0 Å². The molecule has 0 amide bonds. The van der Waals surface area contributed by atoms with Crippen molar-refractivity contribution in [3.8, 4) is 0 Å². The molecule has 0 aliphatic rings. The third-order valence-corrected chi connectivity index (χ3v) is 2.97. The Kier molecular flexibility index (Phi) is 12.0. The van der Waals surface area contributed by atoms with Gasteiger partial charge in [-0.1, -0.05) is 71.6 Å². The second-order valence-corrected chi connectivity index (χ2v) is 4.56. The van der Waals surface area contributed by atoms with E-state index >= 15 is 0 Å². The lowest BCUT2D eigenvalue weighted by molar-refractivity contribution is 0.163. The molecule has 0 bridgehead atoms. The van der Waals surface area contributed by atoms with Crippen LogP contribution in [0, 0.1) is 6.92 Å². The van der Waals surface area contributed by atoms with E-state index in [-0.39, 0.29) is 6.10 Å². The first-order valence-electron chi connectivity index (χ1n) is 6.78. The largest absolute Gasteiger partial charge is 0.393 e. The molecule has 91 valence electrons. The van der Waals surface area contributed by atoms with Crippen molar-refractivity contribution in [2.75, 3.05) is 0 Å². The summed E-state index contributed by atoms with van der Waals surface area (Å²) < 4.78 is 0. The van der Waals surface area contributed by atoms with Crippen LogP contribution in [0.15, 0.2) is 0 Å². The topological polar surface area (TPSA) is 20.2 Å². The normalized spacial score (nSPS) is 13.0. The Morgan fingerprint density at radius 2 is 1.33 bits per heavy atom. The van der Waals surface area contributed by atoms with Gasteiger partial charge in [0.1, 0.15) is 0 Å². The highest BCUT2D eigenvalue weighted by Crippen LogP contribution is 2.11. The predicted molar refractivity (Wildman–Crippen MR) is 67.8 cm³/mol. The zero-order chi connectivity index (χ0) is 11.4. The molecule has 0 aromatic rings. The minimum atomic E-state index is -0.158. The summed E-state index contributed by atoms with van der Waals surface area (Å²) in [5, 5.41) is 9.30. The molecule has 0 aromatic carbocycles. The van der Waals surface area contributed by atoms with E-state index in [1.54, 1.807) is 0 Å². The Bertz CT molecular complexity index is 112. The smallest absolute Gasteiger partial charge is 0.0540 e. The summed E-state index contributed by atoms with van der Waals surface area (Å²) in [4.78, 5) is 0. The molecule has 0 fully saturated rings. The van der Waals surface area contributed by atoms with Crippen molar-refractivity contribution >= 4 is 0 Å². The third-order valence-electron chi connectivity index (χ3n) is 2.97. The molecule has 1 N–H and O–H groups in total. The molecule has 1 nitrogen and oxygen atoms in total. The first-order valence-corrected chi connectivity index (χ1v) is 6.78. The Hall–Kier alpha value is -0.0400. The van der Waals surface area contributed by atoms with Crippen LogP contribution in [-0.2, 0) is 0 Å². The molecule has 1 radical (unpaired) electrons. The maximum absolute atomic E-state index is 9.30. The Morgan fingerprint density at radius 1 is 0.867 bits per heavy atom. The van der Waals surface area contributed by atoms with E-state index in [4.69, 9.17) is 0 Å². The second kappa shape index (κ2) is 12.0. The summed E-state index contributed by atoms with van der Waals surface area (Å²) in [7, 11) is 0. The van der Waals surface area contributed by atoms with Crippen molar-refractivity contribution in [2.45, 2.75) is 83.7 Å². The summed E-state index contributed by atoms with van der Waals surface area (Å²) >= 11 is 0. The van der Waals surface area contributed by atoms with E-state index in [1.807, 2.05) is 0 Å². The third kappa shape index (κ3) is 11.9. The maximum Gasteiger partial charge on any atom is 0.0540 e. The van der Waals surface area contributed by atoms with Crippen molar-refractivity contribution in [3.05, 3.63) is 6.92 Å². The first kappa shape index (κ1) is 15.0. The van der Waals surface area contributed by atoms with Gasteiger partial charge in [0.05, 0.1) is 6.10 Å². The highest BCUT2D eigenvalue weighted by molar-refractivity contribution is 4.57. The predicted octanol–water partition coefficient (Wildman–Crippen LogP) is 4.49. The van der Waals surface area contributed by atoms with Gasteiger partial charge in [-0.25, -0.2) is 0 Å². The molecule has 0 unspecified atom stereocenters. The molecule has 0 aromatic heterocycles. The van der Waals surface area contributed by atoms with E-state index in [0.29, 0.717) is 6.42 Å². The molecular formula is C14H29O. The summed E-state index contributed by atoms with van der Waals surface area (Å²) in [5.41, 5.74) is 0. The SMILES string of the molecule is [CH2]C[C@@H](O)CCCCCCCCCCC. The lowest BCUT2D eigenvalue weighted by Crippen LogP contribution is -2.03. The van der Waals surface area contributed by atoms with Crippen molar-refractivity contribution < 1.29 is 5.11 Å². The molecule has 0 saturated carbocycles. The van der Waals surface area contributed by atoms with Crippen LogP contribution in [0.5, 0.6) is 0 Å². The Balaban J connectivity index is 2.92. The van der Waals surface area contributed by atoms with Crippen LogP contribution in [0.4, 0.5) is 0 Å². The van der Waals surface area contributed by atoms with Crippen molar-refractivity contribution in [1.29, 1.82) is 0 Å². The second-order valence-electron chi connectivity index (χ2n) is 4.56. The molecule has 1 heteroatoms. The number of rotatable bonds is 11. The molecule has 0 spiro atoms. The highest BCUT2D eigenvalue weighted by Gasteiger charge is 1.99. The van der Waals surface area contributed by atoms with Crippen molar-refractivity contribution in [1.82, 2.24) is 0 Å². The summed E-state index contributed by atoms with van der Waals surface area (Å²) in [6.07, 6.45) is 13.6. The molecule has 0 heterocycles. The van der Waals surface area contributed by atoms with Gasteiger partial charge in [-0.15, -0.1) is 0 Å². The average molecular weight is 213 g/mol. The van der Waals surface area contributed by atoms with Gasteiger partial charge in [-0.05, 0) is 12.8 Å².